The lowest BCUT2D eigenvalue weighted by atomic mass is 9.50. The molecule has 4 heteroatoms. The first-order chi connectivity index (χ1) is 4.99. The summed E-state index contributed by atoms with van der Waals surface area (Å²) in [6, 6.07) is 0. The Hall–Kier alpha value is -0.250. The van der Waals surface area contributed by atoms with Gasteiger partial charge in [-0.1, -0.05) is 0 Å². The minimum Gasteiger partial charge on any atom is -0.303 e. The molecule has 0 heterocycles. The molecule has 0 aromatic rings. The second kappa shape index (κ2) is 1.91. The van der Waals surface area contributed by atoms with Gasteiger partial charge in [-0.15, -0.1) is 0 Å². The summed E-state index contributed by atoms with van der Waals surface area (Å²) >= 11 is 0. The second-order valence-electron chi connectivity index (χ2n) is 3.73. The summed E-state index contributed by atoms with van der Waals surface area (Å²) in [5, 5.41) is 2.58. The van der Waals surface area contributed by atoms with Crippen molar-refractivity contribution in [2.45, 2.75) is 31.0 Å². The molecule has 3 aliphatic rings. The second-order valence-corrected chi connectivity index (χ2v) is 3.73. The molecule has 0 saturated heterocycles. The first-order valence-electron chi connectivity index (χ1n) is 3.81. The zero-order valence-electron chi connectivity index (χ0n) is 6.04. The Labute approximate surface area is 63.0 Å². The maximum atomic E-state index is 11.7. The van der Waals surface area contributed by atoms with E-state index in [0.29, 0.717) is 0 Å². The Morgan fingerprint density at radius 2 is 1.82 bits per heavy atom. The van der Waals surface area contributed by atoms with Gasteiger partial charge in [-0.2, -0.15) is 13.2 Å². The van der Waals surface area contributed by atoms with Crippen LogP contribution in [0.1, 0.15) is 19.3 Å². The Balaban J connectivity index is 1.74. The third-order valence-electron chi connectivity index (χ3n) is 2.70. The zero-order valence-corrected chi connectivity index (χ0v) is 6.04. The molecule has 3 aliphatic carbocycles. The lowest BCUT2D eigenvalue weighted by Crippen LogP contribution is -2.68. The highest BCUT2D eigenvalue weighted by molar-refractivity contribution is 5.13. The minimum atomic E-state index is -4.05. The Bertz CT molecular complexity index is 158. The highest BCUT2D eigenvalue weighted by atomic mass is 19.4. The predicted octanol–water partition coefficient (Wildman–Crippen LogP) is 1.69. The van der Waals surface area contributed by atoms with Crippen molar-refractivity contribution in [2.75, 3.05) is 6.54 Å². The van der Waals surface area contributed by atoms with Crippen molar-refractivity contribution in [1.29, 1.82) is 0 Å². The number of rotatable bonds is 2. The van der Waals surface area contributed by atoms with Gasteiger partial charge in [-0.05, 0) is 25.2 Å². The third kappa shape index (κ3) is 1.24. The molecule has 1 nitrogen and oxygen atoms in total. The summed E-state index contributed by atoms with van der Waals surface area (Å²) in [6.45, 7) is -0.820. The fourth-order valence-corrected chi connectivity index (χ4v) is 1.98. The van der Waals surface area contributed by atoms with Gasteiger partial charge in [0.1, 0.15) is 0 Å². The quantitative estimate of drug-likeness (QED) is 0.656. The average molecular weight is 165 g/mol. The molecule has 0 aromatic heterocycles. The van der Waals surface area contributed by atoms with Crippen LogP contribution in [-0.4, -0.2) is 18.3 Å². The maximum absolute atomic E-state index is 11.7. The van der Waals surface area contributed by atoms with Crippen molar-refractivity contribution in [2.24, 2.45) is 5.92 Å². The van der Waals surface area contributed by atoms with Crippen molar-refractivity contribution in [3.63, 3.8) is 0 Å². The molecule has 0 amide bonds. The molecule has 0 aromatic carbocycles. The van der Waals surface area contributed by atoms with E-state index in [4.69, 9.17) is 0 Å². The summed E-state index contributed by atoms with van der Waals surface area (Å²) < 4.78 is 35.1. The van der Waals surface area contributed by atoms with E-state index in [1.807, 2.05) is 0 Å². The summed E-state index contributed by atoms with van der Waals surface area (Å²) in [6.07, 6.45) is -1.16. The fourth-order valence-electron chi connectivity index (χ4n) is 1.98. The minimum absolute atomic E-state index is 0.0970. The van der Waals surface area contributed by atoms with Crippen LogP contribution in [0.2, 0.25) is 0 Å². The maximum Gasteiger partial charge on any atom is 0.401 e. The van der Waals surface area contributed by atoms with E-state index in [1.54, 1.807) is 0 Å². The van der Waals surface area contributed by atoms with Crippen molar-refractivity contribution < 1.29 is 13.2 Å². The lowest BCUT2D eigenvalue weighted by molar-refractivity contribution is -0.146. The number of nitrogens with one attached hydrogen (secondary N) is 1. The standard InChI is InChI=1S/C7H10F3N/c8-7(9,10)4-11-6-1-5(2-6)3-6/h5,11H,1-4H2. The molecular weight excluding hydrogens is 155 g/mol. The normalized spacial score (nSPS) is 41.2. The van der Waals surface area contributed by atoms with Crippen LogP contribution in [0.3, 0.4) is 0 Å². The van der Waals surface area contributed by atoms with Crippen molar-refractivity contribution >= 4 is 0 Å². The predicted molar refractivity (Wildman–Crippen MR) is 34.1 cm³/mol. The van der Waals surface area contributed by atoms with E-state index in [-0.39, 0.29) is 5.54 Å². The van der Waals surface area contributed by atoms with Gasteiger partial charge in [0, 0.05) is 5.54 Å². The first-order valence-corrected chi connectivity index (χ1v) is 3.81. The smallest absolute Gasteiger partial charge is 0.303 e. The summed E-state index contributed by atoms with van der Waals surface area (Å²) in [5.41, 5.74) is -0.0970. The van der Waals surface area contributed by atoms with Crippen molar-refractivity contribution in [3.8, 4) is 0 Å². The topological polar surface area (TPSA) is 12.0 Å². The molecule has 11 heavy (non-hydrogen) atoms. The number of hydrogen-bond acceptors (Lipinski definition) is 1. The van der Waals surface area contributed by atoms with Gasteiger partial charge in [0.05, 0.1) is 6.54 Å². The highest BCUT2D eigenvalue weighted by Crippen LogP contribution is 2.56. The van der Waals surface area contributed by atoms with E-state index in [0.717, 1.165) is 25.2 Å². The summed E-state index contributed by atoms with van der Waals surface area (Å²) in [5.74, 6) is 0.732. The van der Waals surface area contributed by atoms with Gasteiger partial charge in [-0.25, -0.2) is 0 Å². The van der Waals surface area contributed by atoms with E-state index >= 15 is 0 Å². The molecule has 1 N–H and O–H groups in total. The molecule has 3 rings (SSSR count). The van der Waals surface area contributed by atoms with Crippen LogP contribution in [-0.2, 0) is 0 Å². The molecule has 0 aliphatic heterocycles. The summed E-state index contributed by atoms with van der Waals surface area (Å²) in [4.78, 5) is 0. The van der Waals surface area contributed by atoms with Crippen molar-refractivity contribution in [1.82, 2.24) is 5.32 Å². The van der Waals surface area contributed by atoms with E-state index < -0.39 is 12.7 Å². The number of halogens is 3. The molecule has 3 saturated carbocycles. The molecule has 0 spiro atoms. The Kier molecular flexibility index (Phi) is 1.29. The van der Waals surface area contributed by atoms with Crippen LogP contribution in [0.5, 0.6) is 0 Å². The van der Waals surface area contributed by atoms with Crippen LogP contribution in [0, 0.1) is 5.92 Å². The lowest BCUT2D eigenvalue weighted by Gasteiger charge is -2.62. The zero-order chi connectivity index (χ0) is 8.11. The van der Waals surface area contributed by atoms with Crippen molar-refractivity contribution in [3.05, 3.63) is 0 Å². The molecule has 0 unspecified atom stereocenters. The van der Waals surface area contributed by atoms with E-state index in [2.05, 4.69) is 5.32 Å². The SMILES string of the molecule is FC(F)(F)CNC12CC(C1)C2. The van der Waals surface area contributed by atoms with Crippen LogP contribution in [0.15, 0.2) is 0 Å². The van der Waals surface area contributed by atoms with E-state index in [9.17, 15) is 13.2 Å². The van der Waals surface area contributed by atoms with Crippen LogP contribution in [0.25, 0.3) is 0 Å². The molecule has 3 fully saturated rings. The fraction of sp³-hybridized carbons (Fsp3) is 1.00. The van der Waals surface area contributed by atoms with Crippen LogP contribution < -0.4 is 5.32 Å². The third-order valence-corrected chi connectivity index (χ3v) is 2.70. The first kappa shape index (κ1) is 7.40. The number of alkyl halides is 3. The number of hydrogen-bond donors (Lipinski definition) is 1. The van der Waals surface area contributed by atoms with Gasteiger partial charge >= 0.3 is 6.18 Å². The Morgan fingerprint density at radius 1 is 1.27 bits per heavy atom. The van der Waals surface area contributed by atoms with Crippen LogP contribution in [0.4, 0.5) is 13.2 Å². The van der Waals surface area contributed by atoms with Gasteiger partial charge in [0.2, 0.25) is 0 Å². The Morgan fingerprint density at radius 3 is 2.09 bits per heavy atom. The average Bonchev–Trinajstić information content (AvgIpc) is 1.52. The van der Waals surface area contributed by atoms with Crippen LogP contribution >= 0.6 is 0 Å². The van der Waals surface area contributed by atoms with Gasteiger partial charge in [0.25, 0.3) is 0 Å². The van der Waals surface area contributed by atoms with Gasteiger partial charge in [-0.3, -0.25) is 0 Å². The van der Waals surface area contributed by atoms with Gasteiger partial charge in [0.15, 0.2) is 0 Å². The monoisotopic (exact) mass is 165 g/mol. The van der Waals surface area contributed by atoms with Gasteiger partial charge < -0.3 is 5.32 Å². The van der Waals surface area contributed by atoms with E-state index in [1.165, 1.54) is 0 Å². The molecule has 2 bridgehead atoms. The largest absolute Gasteiger partial charge is 0.401 e. The molecule has 64 valence electrons. The highest BCUT2D eigenvalue weighted by Gasteiger charge is 2.56. The molecular formula is C7H10F3N. The molecule has 0 atom stereocenters. The molecule has 0 radical (unpaired) electrons. The summed E-state index contributed by atoms with van der Waals surface area (Å²) in [7, 11) is 0.